The number of aliphatic carboxylic acids is 1. The van der Waals surface area contributed by atoms with Gasteiger partial charge in [-0.25, -0.2) is 0 Å². The fourth-order valence-electron chi connectivity index (χ4n) is 2.07. The standard InChI is InChI=1S/C12H23NO2/c1-9(8-10-4-3-5-10)6-7-12(2,13)11(14)15/h9-10H,3-8,13H2,1-2H3,(H,14,15). The molecule has 3 nitrogen and oxygen atoms in total. The normalized spacial score (nSPS) is 22.9. The summed E-state index contributed by atoms with van der Waals surface area (Å²) >= 11 is 0. The van der Waals surface area contributed by atoms with Crippen LogP contribution in [0, 0.1) is 11.8 Å². The van der Waals surface area contributed by atoms with E-state index in [1.165, 1.54) is 25.7 Å². The van der Waals surface area contributed by atoms with Gasteiger partial charge in [0.05, 0.1) is 0 Å². The zero-order valence-corrected chi connectivity index (χ0v) is 9.83. The SMILES string of the molecule is CC(CCC(C)(N)C(=O)O)CC1CCC1. The number of hydrogen-bond acceptors (Lipinski definition) is 2. The third-order valence-corrected chi connectivity index (χ3v) is 3.61. The summed E-state index contributed by atoms with van der Waals surface area (Å²) in [6.45, 7) is 3.81. The number of rotatable bonds is 6. The van der Waals surface area contributed by atoms with Gasteiger partial charge in [-0.15, -0.1) is 0 Å². The highest BCUT2D eigenvalue weighted by atomic mass is 16.4. The van der Waals surface area contributed by atoms with Crippen molar-refractivity contribution >= 4 is 5.97 Å². The van der Waals surface area contributed by atoms with E-state index in [4.69, 9.17) is 10.8 Å². The van der Waals surface area contributed by atoms with Gasteiger partial charge in [-0.1, -0.05) is 26.2 Å². The summed E-state index contributed by atoms with van der Waals surface area (Å²) in [6, 6.07) is 0. The number of carbonyl (C=O) groups is 1. The molecular formula is C12H23NO2. The lowest BCUT2D eigenvalue weighted by atomic mass is 9.77. The fraction of sp³-hybridized carbons (Fsp3) is 0.917. The summed E-state index contributed by atoms with van der Waals surface area (Å²) in [4.78, 5) is 10.8. The number of hydrogen-bond donors (Lipinski definition) is 2. The summed E-state index contributed by atoms with van der Waals surface area (Å²) in [5.41, 5.74) is 4.64. The molecule has 1 saturated carbocycles. The Morgan fingerprint density at radius 2 is 2.20 bits per heavy atom. The Balaban J connectivity index is 2.20. The predicted octanol–water partition coefficient (Wildman–Crippen LogP) is 2.39. The molecule has 1 aliphatic rings. The van der Waals surface area contributed by atoms with Crippen molar-refractivity contribution in [2.75, 3.05) is 0 Å². The van der Waals surface area contributed by atoms with E-state index in [1.807, 2.05) is 0 Å². The van der Waals surface area contributed by atoms with Gasteiger partial charge in [0, 0.05) is 0 Å². The van der Waals surface area contributed by atoms with Crippen LogP contribution in [0.15, 0.2) is 0 Å². The lowest BCUT2D eigenvalue weighted by Crippen LogP contribution is -2.45. The van der Waals surface area contributed by atoms with Crippen LogP contribution in [-0.4, -0.2) is 16.6 Å². The first-order valence-electron chi connectivity index (χ1n) is 5.94. The molecule has 0 amide bonds. The largest absolute Gasteiger partial charge is 0.480 e. The second kappa shape index (κ2) is 4.97. The molecule has 0 aliphatic heterocycles. The monoisotopic (exact) mass is 213 g/mol. The third-order valence-electron chi connectivity index (χ3n) is 3.61. The molecule has 0 bridgehead atoms. The molecule has 2 unspecified atom stereocenters. The summed E-state index contributed by atoms with van der Waals surface area (Å²) in [6.07, 6.45) is 6.86. The van der Waals surface area contributed by atoms with Crippen molar-refractivity contribution in [3.63, 3.8) is 0 Å². The Kier molecular flexibility index (Phi) is 4.14. The molecule has 0 heterocycles. The minimum atomic E-state index is -1.05. The lowest BCUT2D eigenvalue weighted by molar-refractivity contribution is -0.143. The quantitative estimate of drug-likeness (QED) is 0.712. The Bertz CT molecular complexity index is 222. The minimum Gasteiger partial charge on any atom is -0.480 e. The van der Waals surface area contributed by atoms with E-state index in [9.17, 15) is 4.79 Å². The fourth-order valence-corrected chi connectivity index (χ4v) is 2.07. The maximum absolute atomic E-state index is 10.8. The molecule has 0 aromatic rings. The highest BCUT2D eigenvalue weighted by Gasteiger charge is 2.28. The van der Waals surface area contributed by atoms with Crippen LogP contribution < -0.4 is 5.73 Å². The van der Waals surface area contributed by atoms with E-state index in [-0.39, 0.29) is 0 Å². The van der Waals surface area contributed by atoms with Crippen molar-refractivity contribution in [2.24, 2.45) is 17.6 Å². The summed E-state index contributed by atoms with van der Waals surface area (Å²) in [7, 11) is 0. The van der Waals surface area contributed by atoms with Crippen molar-refractivity contribution in [3.05, 3.63) is 0 Å². The molecular weight excluding hydrogens is 190 g/mol. The molecule has 3 N–H and O–H groups in total. The van der Waals surface area contributed by atoms with Gasteiger partial charge in [0.2, 0.25) is 0 Å². The highest BCUT2D eigenvalue weighted by Crippen LogP contribution is 2.33. The van der Waals surface area contributed by atoms with Crippen LogP contribution in [0.25, 0.3) is 0 Å². The molecule has 88 valence electrons. The van der Waals surface area contributed by atoms with E-state index in [1.54, 1.807) is 6.92 Å². The molecule has 1 fully saturated rings. The summed E-state index contributed by atoms with van der Waals surface area (Å²) in [5.74, 6) is 0.615. The smallest absolute Gasteiger partial charge is 0.323 e. The van der Waals surface area contributed by atoms with Gasteiger partial charge in [-0.05, 0) is 38.0 Å². The van der Waals surface area contributed by atoms with Crippen LogP contribution in [-0.2, 0) is 4.79 Å². The summed E-state index contributed by atoms with van der Waals surface area (Å²) in [5, 5.41) is 8.87. The molecule has 1 rings (SSSR count). The van der Waals surface area contributed by atoms with Gasteiger partial charge in [-0.2, -0.15) is 0 Å². The lowest BCUT2D eigenvalue weighted by Gasteiger charge is -2.29. The van der Waals surface area contributed by atoms with Crippen LogP contribution in [0.4, 0.5) is 0 Å². The second-order valence-electron chi connectivity index (χ2n) is 5.40. The third kappa shape index (κ3) is 3.82. The van der Waals surface area contributed by atoms with Gasteiger partial charge in [0.1, 0.15) is 5.54 Å². The van der Waals surface area contributed by atoms with Crippen molar-refractivity contribution in [2.45, 2.75) is 57.9 Å². The average Bonchev–Trinajstić information content (AvgIpc) is 2.08. The minimum absolute atomic E-state index is 0.580. The maximum Gasteiger partial charge on any atom is 0.323 e. The first-order chi connectivity index (χ1) is 6.92. The first kappa shape index (κ1) is 12.5. The number of carboxylic acids is 1. The molecule has 0 aromatic carbocycles. The van der Waals surface area contributed by atoms with Crippen molar-refractivity contribution < 1.29 is 9.90 Å². The van der Waals surface area contributed by atoms with E-state index in [0.29, 0.717) is 12.3 Å². The zero-order chi connectivity index (χ0) is 11.5. The van der Waals surface area contributed by atoms with E-state index in [0.717, 1.165) is 12.3 Å². The zero-order valence-electron chi connectivity index (χ0n) is 9.83. The molecule has 0 spiro atoms. The van der Waals surface area contributed by atoms with Crippen LogP contribution in [0.3, 0.4) is 0 Å². The van der Waals surface area contributed by atoms with E-state index in [2.05, 4.69) is 6.92 Å². The van der Waals surface area contributed by atoms with Gasteiger partial charge in [0.25, 0.3) is 0 Å². The Hall–Kier alpha value is -0.570. The van der Waals surface area contributed by atoms with E-state index < -0.39 is 11.5 Å². The highest BCUT2D eigenvalue weighted by molar-refractivity contribution is 5.77. The van der Waals surface area contributed by atoms with Crippen LogP contribution in [0.2, 0.25) is 0 Å². The summed E-state index contributed by atoms with van der Waals surface area (Å²) < 4.78 is 0. The Labute approximate surface area is 92.0 Å². The van der Waals surface area contributed by atoms with Gasteiger partial charge in [-0.3, -0.25) is 4.79 Å². The number of carboxylic acid groups (broad SMARTS) is 1. The van der Waals surface area contributed by atoms with Crippen LogP contribution in [0.1, 0.15) is 52.4 Å². The van der Waals surface area contributed by atoms with Crippen molar-refractivity contribution in [1.82, 2.24) is 0 Å². The predicted molar refractivity (Wildman–Crippen MR) is 60.6 cm³/mol. The van der Waals surface area contributed by atoms with Crippen molar-refractivity contribution in [1.29, 1.82) is 0 Å². The van der Waals surface area contributed by atoms with Crippen molar-refractivity contribution in [3.8, 4) is 0 Å². The van der Waals surface area contributed by atoms with Gasteiger partial charge < -0.3 is 10.8 Å². The molecule has 0 aromatic heterocycles. The van der Waals surface area contributed by atoms with Crippen LogP contribution in [0.5, 0.6) is 0 Å². The first-order valence-corrected chi connectivity index (χ1v) is 5.94. The molecule has 15 heavy (non-hydrogen) atoms. The molecule has 0 saturated heterocycles. The molecule has 0 radical (unpaired) electrons. The molecule has 3 heteroatoms. The van der Waals surface area contributed by atoms with Crippen LogP contribution >= 0.6 is 0 Å². The second-order valence-corrected chi connectivity index (χ2v) is 5.40. The number of nitrogens with two attached hydrogens (primary N) is 1. The van der Waals surface area contributed by atoms with Gasteiger partial charge in [0.15, 0.2) is 0 Å². The Morgan fingerprint density at radius 3 is 2.60 bits per heavy atom. The Morgan fingerprint density at radius 1 is 1.60 bits per heavy atom. The van der Waals surface area contributed by atoms with E-state index >= 15 is 0 Å². The van der Waals surface area contributed by atoms with Gasteiger partial charge >= 0.3 is 5.97 Å². The molecule has 2 atom stereocenters. The maximum atomic E-state index is 10.8. The topological polar surface area (TPSA) is 63.3 Å². The average molecular weight is 213 g/mol. The molecule has 1 aliphatic carbocycles.